The molecule has 1 N–H and O–H groups in total. The number of ether oxygens (including phenoxy) is 2. The van der Waals surface area contributed by atoms with Crippen molar-refractivity contribution < 1.29 is 19.1 Å². The van der Waals surface area contributed by atoms with Gasteiger partial charge in [0.25, 0.3) is 5.91 Å². The van der Waals surface area contributed by atoms with Crippen LogP contribution in [-0.2, 0) is 22.6 Å². The van der Waals surface area contributed by atoms with Gasteiger partial charge in [0.05, 0.1) is 19.9 Å². The highest BCUT2D eigenvalue weighted by atomic mass is 16.5. The van der Waals surface area contributed by atoms with Crippen LogP contribution in [0.25, 0.3) is 0 Å². The summed E-state index contributed by atoms with van der Waals surface area (Å²) >= 11 is 0. The van der Waals surface area contributed by atoms with Gasteiger partial charge < -0.3 is 14.8 Å². The molecule has 0 saturated heterocycles. The molecule has 1 heterocycles. The molecule has 0 fully saturated rings. The Hall–Kier alpha value is -3.68. The molecule has 0 unspecified atom stereocenters. The fourth-order valence-electron chi connectivity index (χ4n) is 2.44. The summed E-state index contributed by atoms with van der Waals surface area (Å²) in [7, 11) is 1.59. The molecule has 8 nitrogen and oxygen atoms in total. The van der Waals surface area contributed by atoms with Gasteiger partial charge in [-0.3, -0.25) is 4.79 Å². The Kier molecular flexibility index (Phi) is 6.35. The molecular formula is C20H20N4O4. The van der Waals surface area contributed by atoms with Crippen LogP contribution in [0.4, 0.5) is 0 Å². The van der Waals surface area contributed by atoms with Crippen molar-refractivity contribution in [1.29, 1.82) is 0 Å². The molecule has 144 valence electrons. The number of nitrogens with zero attached hydrogens (tertiary/aromatic N) is 3. The van der Waals surface area contributed by atoms with Gasteiger partial charge in [-0.25, -0.2) is 9.48 Å². The fourth-order valence-corrected chi connectivity index (χ4v) is 2.44. The molecule has 0 aliphatic rings. The van der Waals surface area contributed by atoms with Crippen LogP contribution in [0.3, 0.4) is 0 Å². The molecule has 0 radical (unpaired) electrons. The van der Waals surface area contributed by atoms with Crippen LogP contribution in [-0.4, -0.2) is 40.6 Å². The molecule has 3 rings (SSSR count). The third-order valence-corrected chi connectivity index (χ3v) is 3.92. The number of carbonyl (C=O) groups excluding carboxylic acids is 2. The van der Waals surface area contributed by atoms with Crippen molar-refractivity contribution >= 4 is 11.9 Å². The van der Waals surface area contributed by atoms with Gasteiger partial charge in [0.1, 0.15) is 5.75 Å². The molecular weight excluding hydrogens is 360 g/mol. The number of benzene rings is 2. The van der Waals surface area contributed by atoms with Crippen LogP contribution in [0, 0.1) is 0 Å². The summed E-state index contributed by atoms with van der Waals surface area (Å²) in [4.78, 5) is 23.9. The summed E-state index contributed by atoms with van der Waals surface area (Å²) in [5.74, 6) is -0.357. The quantitative estimate of drug-likeness (QED) is 0.599. The van der Waals surface area contributed by atoms with Gasteiger partial charge in [0, 0.05) is 6.54 Å². The number of methoxy groups -OCH3 is 1. The predicted octanol–water partition coefficient (Wildman–Crippen LogP) is 1.81. The first-order chi connectivity index (χ1) is 13.6. The molecule has 3 aromatic rings. The van der Waals surface area contributed by atoms with Crippen molar-refractivity contribution in [1.82, 2.24) is 20.3 Å². The van der Waals surface area contributed by atoms with E-state index in [1.165, 1.54) is 10.9 Å². The SMILES string of the molecule is COc1ccc(CNC(=O)COC(=O)c2cn(Cc3ccccc3)nn2)cc1. The second kappa shape index (κ2) is 9.31. The first kappa shape index (κ1) is 19.1. The van der Waals surface area contributed by atoms with E-state index in [1.807, 2.05) is 42.5 Å². The Morgan fingerprint density at radius 3 is 2.50 bits per heavy atom. The van der Waals surface area contributed by atoms with Crippen LogP contribution in [0.15, 0.2) is 60.8 Å². The highest BCUT2D eigenvalue weighted by molar-refractivity contribution is 5.89. The minimum atomic E-state index is -0.695. The van der Waals surface area contributed by atoms with E-state index in [4.69, 9.17) is 9.47 Å². The molecule has 28 heavy (non-hydrogen) atoms. The molecule has 0 bridgehead atoms. The van der Waals surface area contributed by atoms with E-state index in [2.05, 4.69) is 15.6 Å². The molecule has 0 aliphatic carbocycles. The number of hydrogen-bond donors (Lipinski definition) is 1. The van der Waals surface area contributed by atoms with Crippen molar-refractivity contribution in [2.45, 2.75) is 13.1 Å². The zero-order valence-electron chi connectivity index (χ0n) is 15.4. The van der Waals surface area contributed by atoms with E-state index in [-0.39, 0.29) is 12.3 Å². The van der Waals surface area contributed by atoms with Crippen LogP contribution < -0.4 is 10.1 Å². The van der Waals surface area contributed by atoms with Crippen LogP contribution >= 0.6 is 0 Å². The number of amides is 1. The topological polar surface area (TPSA) is 95.3 Å². The molecule has 0 atom stereocenters. The Morgan fingerprint density at radius 1 is 1.04 bits per heavy atom. The van der Waals surface area contributed by atoms with Crippen LogP contribution in [0.1, 0.15) is 21.6 Å². The molecule has 0 saturated carbocycles. The Labute approximate surface area is 162 Å². The van der Waals surface area contributed by atoms with E-state index >= 15 is 0 Å². The number of hydrogen-bond acceptors (Lipinski definition) is 6. The maximum Gasteiger partial charge on any atom is 0.361 e. The number of carbonyl (C=O) groups is 2. The van der Waals surface area contributed by atoms with Gasteiger partial charge in [-0.05, 0) is 23.3 Å². The molecule has 0 aliphatic heterocycles. The average molecular weight is 380 g/mol. The number of esters is 1. The monoisotopic (exact) mass is 380 g/mol. The summed E-state index contributed by atoms with van der Waals surface area (Å²) in [6.07, 6.45) is 1.49. The van der Waals surface area contributed by atoms with E-state index in [9.17, 15) is 9.59 Å². The standard InChI is InChI=1S/C20H20N4O4/c1-27-17-9-7-15(8-10-17)11-21-19(25)14-28-20(26)18-13-24(23-22-18)12-16-5-3-2-4-6-16/h2-10,13H,11-12,14H2,1H3,(H,21,25). The normalized spacial score (nSPS) is 10.3. The third kappa shape index (κ3) is 5.41. The first-order valence-corrected chi connectivity index (χ1v) is 8.65. The van der Waals surface area contributed by atoms with E-state index < -0.39 is 11.9 Å². The lowest BCUT2D eigenvalue weighted by Gasteiger charge is -2.06. The van der Waals surface area contributed by atoms with Gasteiger partial charge >= 0.3 is 5.97 Å². The van der Waals surface area contributed by atoms with Gasteiger partial charge in [0.2, 0.25) is 0 Å². The molecule has 0 spiro atoms. The van der Waals surface area contributed by atoms with E-state index in [0.29, 0.717) is 13.1 Å². The highest BCUT2D eigenvalue weighted by Crippen LogP contribution is 2.10. The molecule has 8 heteroatoms. The summed E-state index contributed by atoms with van der Waals surface area (Å²) in [5, 5.41) is 10.4. The summed E-state index contributed by atoms with van der Waals surface area (Å²) in [6, 6.07) is 17.0. The Balaban J connectivity index is 1.43. The maximum absolute atomic E-state index is 12.0. The molecule has 1 amide bonds. The zero-order chi connectivity index (χ0) is 19.8. The average Bonchev–Trinajstić information content (AvgIpc) is 3.20. The van der Waals surface area contributed by atoms with Crippen molar-refractivity contribution in [3.05, 3.63) is 77.6 Å². The second-order valence-electron chi connectivity index (χ2n) is 5.99. The van der Waals surface area contributed by atoms with Crippen LogP contribution in [0.5, 0.6) is 5.75 Å². The maximum atomic E-state index is 12.0. The highest BCUT2D eigenvalue weighted by Gasteiger charge is 2.14. The third-order valence-electron chi connectivity index (χ3n) is 3.92. The van der Waals surface area contributed by atoms with Crippen molar-refractivity contribution in [3.63, 3.8) is 0 Å². The van der Waals surface area contributed by atoms with E-state index in [1.54, 1.807) is 19.2 Å². The fraction of sp³-hybridized carbons (Fsp3) is 0.200. The lowest BCUT2D eigenvalue weighted by Crippen LogP contribution is -2.28. The number of nitrogens with one attached hydrogen (secondary N) is 1. The van der Waals surface area contributed by atoms with Gasteiger partial charge in [-0.1, -0.05) is 47.7 Å². The summed E-state index contributed by atoms with van der Waals surface area (Å²) in [6.45, 7) is 0.428. The second-order valence-corrected chi connectivity index (χ2v) is 5.99. The van der Waals surface area contributed by atoms with Crippen molar-refractivity contribution in [2.24, 2.45) is 0 Å². The predicted molar refractivity (Wildman–Crippen MR) is 101 cm³/mol. The first-order valence-electron chi connectivity index (χ1n) is 8.65. The van der Waals surface area contributed by atoms with Crippen molar-refractivity contribution in [2.75, 3.05) is 13.7 Å². The molecule has 1 aromatic heterocycles. The zero-order valence-corrected chi connectivity index (χ0v) is 15.4. The summed E-state index contributed by atoms with van der Waals surface area (Å²) in [5.41, 5.74) is 1.99. The van der Waals surface area contributed by atoms with Gasteiger partial charge in [-0.2, -0.15) is 0 Å². The van der Waals surface area contributed by atoms with Gasteiger partial charge in [-0.15, -0.1) is 5.10 Å². The van der Waals surface area contributed by atoms with E-state index in [0.717, 1.165) is 16.9 Å². The largest absolute Gasteiger partial charge is 0.497 e. The van der Waals surface area contributed by atoms with Crippen molar-refractivity contribution in [3.8, 4) is 5.75 Å². The van der Waals surface area contributed by atoms with Crippen LogP contribution in [0.2, 0.25) is 0 Å². The lowest BCUT2D eigenvalue weighted by molar-refractivity contribution is -0.124. The summed E-state index contributed by atoms with van der Waals surface area (Å²) < 4.78 is 11.6. The smallest absolute Gasteiger partial charge is 0.361 e. The Bertz CT molecular complexity index is 923. The van der Waals surface area contributed by atoms with Gasteiger partial charge in [0.15, 0.2) is 12.3 Å². The minimum absolute atomic E-state index is 0.0545. The lowest BCUT2D eigenvalue weighted by atomic mass is 10.2. The Morgan fingerprint density at radius 2 is 1.79 bits per heavy atom. The molecule has 2 aromatic carbocycles. The number of aromatic nitrogens is 3. The minimum Gasteiger partial charge on any atom is -0.497 e. The number of rotatable bonds is 8.